The van der Waals surface area contributed by atoms with Gasteiger partial charge in [0.1, 0.15) is 21.4 Å². The maximum Gasteiger partial charge on any atom is 0.147 e. The zero-order valence-corrected chi connectivity index (χ0v) is 10.5. The van der Waals surface area contributed by atoms with Crippen LogP contribution < -0.4 is 10.5 Å². The van der Waals surface area contributed by atoms with Crippen LogP contribution in [0.15, 0.2) is 18.2 Å². The first kappa shape index (κ1) is 13.9. The van der Waals surface area contributed by atoms with Crippen LogP contribution in [0.5, 0.6) is 5.75 Å². The first-order valence-electron chi connectivity index (χ1n) is 5.21. The van der Waals surface area contributed by atoms with Crippen LogP contribution in [-0.2, 0) is 16.4 Å². The summed E-state index contributed by atoms with van der Waals surface area (Å²) in [5.41, 5.74) is 6.04. The smallest absolute Gasteiger partial charge is 0.147 e. The second-order valence-electron chi connectivity index (χ2n) is 3.83. The topological polar surface area (TPSA) is 69.4 Å². The van der Waals surface area contributed by atoms with Gasteiger partial charge in [-0.05, 0) is 24.1 Å². The largest absolute Gasteiger partial charge is 0.493 e. The van der Waals surface area contributed by atoms with Crippen molar-refractivity contribution in [2.75, 3.05) is 18.6 Å². The van der Waals surface area contributed by atoms with Crippen molar-refractivity contribution in [1.82, 2.24) is 0 Å². The van der Waals surface area contributed by atoms with Crippen molar-refractivity contribution in [2.24, 2.45) is 5.73 Å². The van der Waals surface area contributed by atoms with E-state index >= 15 is 0 Å². The van der Waals surface area contributed by atoms with Gasteiger partial charge >= 0.3 is 0 Å². The highest BCUT2D eigenvalue weighted by Gasteiger charge is 2.03. The van der Waals surface area contributed by atoms with Gasteiger partial charge in [0.15, 0.2) is 0 Å². The van der Waals surface area contributed by atoms with Gasteiger partial charge in [0.05, 0.1) is 12.4 Å². The Morgan fingerprint density at radius 2 is 2.06 bits per heavy atom. The minimum absolute atomic E-state index is 0.0616. The Morgan fingerprint density at radius 3 is 2.65 bits per heavy atom. The molecular weight excluding hydrogens is 245 g/mol. The van der Waals surface area contributed by atoms with Crippen LogP contribution >= 0.6 is 0 Å². The van der Waals surface area contributed by atoms with E-state index in [9.17, 15) is 12.8 Å². The third-order valence-corrected chi connectivity index (χ3v) is 3.13. The van der Waals surface area contributed by atoms with Gasteiger partial charge in [-0.1, -0.05) is 0 Å². The SMILES string of the molecule is CS(=O)(=O)CCCOc1cc(F)cc(CN)c1. The van der Waals surface area contributed by atoms with Crippen molar-refractivity contribution in [2.45, 2.75) is 13.0 Å². The van der Waals surface area contributed by atoms with Crippen LogP contribution in [0.25, 0.3) is 0 Å². The lowest BCUT2D eigenvalue weighted by molar-refractivity contribution is 0.315. The maximum atomic E-state index is 13.1. The summed E-state index contributed by atoms with van der Waals surface area (Å²) in [5, 5.41) is 0. The summed E-state index contributed by atoms with van der Waals surface area (Å²) in [5.74, 6) is 0.0245. The molecule has 6 heteroatoms. The molecule has 0 radical (unpaired) electrons. The summed E-state index contributed by atoms with van der Waals surface area (Å²) in [6.45, 7) is 0.470. The molecule has 1 aromatic rings. The molecule has 96 valence electrons. The summed E-state index contributed by atoms with van der Waals surface area (Å²) < 4.78 is 40.1. The zero-order valence-electron chi connectivity index (χ0n) is 9.65. The lowest BCUT2D eigenvalue weighted by Crippen LogP contribution is -2.08. The van der Waals surface area contributed by atoms with Gasteiger partial charge in [0.2, 0.25) is 0 Å². The Morgan fingerprint density at radius 1 is 1.35 bits per heavy atom. The van der Waals surface area contributed by atoms with Gasteiger partial charge < -0.3 is 10.5 Å². The van der Waals surface area contributed by atoms with Crippen LogP contribution in [0.2, 0.25) is 0 Å². The summed E-state index contributed by atoms with van der Waals surface area (Å²) in [4.78, 5) is 0. The van der Waals surface area contributed by atoms with Crippen LogP contribution in [0.3, 0.4) is 0 Å². The maximum absolute atomic E-state index is 13.1. The fourth-order valence-electron chi connectivity index (χ4n) is 1.33. The van der Waals surface area contributed by atoms with Gasteiger partial charge in [-0.15, -0.1) is 0 Å². The predicted octanol–water partition coefficient (Wildman–Crippen LogP) is 1.10. The number of halogens is 1. The van der Waals surface area contributed by atoms with Gasteiger partial charge in [0.25, 0.3) is 0 Å². The van der Waals surface area contributed by atoms with Crippen molar-refractivity contribution < 1.29 is 17.5 Å². The van der Waals surface area contributed by atoms with Crippen molar-refractivity contribution in [3.8, 4) is 5.75 Å². The Bertz CT molecular complexity index is 474. The quantitative estimate of drug-likeness (QED) is 0.778. The first-order valence-corrected chi connectivity index (χ1v) is 7.27. The average molecular weight is 261 g/mol. The molecule has 0 aliphatic heterocycles. The van der Waals surface area contributed by atoms with Crippen molar-refractivity contribution in [3.63, 3.8) is 0 Å². The molecule has 0 spiro atoms. The molecule has 0 aromatic heterocycles. The van der Waals surface area contributed by atoms with Crippen molar-refractivity contribution >= 4 is 9.84 Å². The van der Waals surface area contributed by atoms with E-state index in [1.54, 1.807) is 6.07 Å². The molecule has 0 saturated heterocycles. The van der Waals surface area contributed by atoms with Gasteiger partial charge in [-0.3, -0.25) is 0 Å². The number of nitrogens with two attached hydrogens (primary N) is 1. The summed E-state index contributed by atoms with van der Waals surface area (Å²) >= 11 is 0. The highest BCUT2D eigenvalue weighted by molar-refractivity contribution is 7.90. The number of hydrogen-bond donors (Lipinski definition) is 1. The summed E-state index contributed by atoms with van der Waals surface area (Å²) in [6, 6.07) is 4.23. The molecule has 0 fully saturated rings. The van der Waals surface area contributed by atoms with E-state index in [-0.39, 0.29) is 18.9 Å². The van der Waals surface area contributed by atoms with Crippen LogP contribution in [0.1, 0.15) is 12.0 Å². The second-order valence-corrected chi connectivity index (χ2v) is 6.09. The average Bonchev–Trinajstić information content (AvgIpc) is 2.22. The molecule has 0 bridgehead atoms. The molecule has 0 atom stereocenters. The van der Waals surface area contributed by atoms with E-state index in [0.29, 0.717) is 17.7 Å². The summed E-state index contributed by atoms with van der Waals surface area (Å²) in [7, 11) is -2.97. The fraction of sp³-hybridized carbons (Fsp3) is 0.455. The Labute approximate surface area is 101 Å². The van der Waals surface area contributed by atoms with E-state index in [0.717, 1.165) is 0 Å². The normalized spacial score (nSPS) is 11.5. The number of ether oxygens (including phenoxy) is 1. The molecule has 1 rings (SSSR count). The van der Waals surface area contributed by atoms with Gasteiger partial charge in [0, 0.05) is 18.9 Å². The summed E-state index contributed by atoms with van der Waals surface area (Å²) in [6.07, 6.45) is 1.55. The fourth-order valence-corrected chi connectivity index (χ4v) is 1.98. The highest BCUT2D eigenvalue weighted by Crippen LogP contribution is 2.16. The van der Waals surface area contributed by atoms with Crippen LogP contribution in [0.4, 0.5) is 4.39 Å². The van der Waals surface area contributed by atoms with Crippen LogP contribution in [-0.4, -0.2) is 27.0 Å². The number of rotatable bonds is 6. The minimum Gasteiger partial charge on any atom is -0.493 e. The second kappa shape index (κ2) is 5.97. The minimum atomic E-state index is -2.97. The molecule has 0 heterocycles. The van der Waals surface area contributed by atoms with E-state index in [1.165, 1.54) is 18.4 Å². The molecule has 0 aliphatic rings. The Balaban J connectivity index is 2.49. The number of benzene rings is 1. The molecule has 2 N–H and O–H groups in total. The number of sulfone groups is 1. The molecule has 4 nitrogen and oxygen atoms in total. The molecule has 17 heavy (non-hydrogen) atoms. The van der Waals surface area contributed by atoms with Gasteiger partial charge in [-0.2, -0.15) is 0 Å². The van der Waals surface area contributed by atoms with E-state index in [2.05, 4.69) is 0 Å². The zero-order chi connectivity index (χ0) is 12.9. The van der Waals surface area contributed by atoms with Crippen molar-refractivity contribution in [3.05, 3.63) is 29.6 Å². The number of hydrogen-bond acceptors (Lipinski definition) is 4. The standard InChI is InChI=1S/C11H16FNO3S/c1-17(14,15)4-2-3-16-11-6-9(8-13)5-10(12)7-11/h5-7H,2-4,8,13H2,1H3. The Hall–Kier alpha value is -1.14. The lowest BCUT2D eigenvalue weighted by atomic mass is 10.2. The molecule has 0 amide bonds. The predicted molar refractivity (Wildman–Crippen MR) is 64.1 cm³/mol. The monoisotopic (exact) mass is 261 g/mol. The van der Waals surface area contributed by atoms with E-state index in [1.807, 2.05) is 0 Å². The third-order valence-electron chi connectivity index (χ3n) is 2.09. The molecule has 1 aromatic carbocycles. The molecule has 0 saturated carbocycles. The molecular formula is C11H16FNO3S. The van der Waals surface area contributed by atoms with E-state index < -0.39 is 15.7 Å². The third kappa shape index (κ3) is 5.65. The lowest BCUT2D eigenvalue weighted by Gasteiger charge is -2.07. The van der Waals surface area contributed by atoms with E-state index in [4.69, 9.17) is 10.5 Å². The van der Waals surface area contributed by atoms with Crippen molar-refractivity contribution in [1.29, 1.82) is 0 Å². The molecule has 0 aliphatic carbocycles. The van der Waals surface area contributed by atoms with Crippen LogP contribution in [0, 0.1) is 5.82 Å². The van der Waals surface area contributed by atoms with Gasteiger partial charge in [-0.25, -0.2) is 12.8 Å². The first-order chi connectivity index (χ1) is 7.90. The highest BCUT2D eigenvalue weighted by atomic mass is 32.2. The molecule has 0 unspecified atom stereocenters. The Kier molecular flexibility index (Phi) is 4.89.